The summed E-state index contributed by atoms with van der Waals surface area (Å²) in [5.41, 5.74) is 4.16. The first kappa shape index (κ1) is 11.3. The summed E-state index contributed by atoms with van der Waals surface area (Å²) in [5.74, 6) is -2.67. The summed E-state index contributed by atoms with van der Waals surface area (Å²) in [5, 5.41) is 17.9. The Hall–Kier alpha value is -1.80. The highest BCUT2D eigenvalue weighted by Crippen LogP contribution is 2.30. The maximum atomic E-state index is 10.7. The summed E-state index contributed by atoms with van der Waals surface area (Å²) >= 11 is 0. The molecule has 0 unspecified atom stereocenters. The second-order valence-corrected chi connectivity index (χ2v) is 4.05. The number of carboxylic acid groups (broad SMARTS) is 1. The van der Waals surface area contributed by atoms with E-state index in [4.69, 9.17) is 15.4 Å². The number of hydrogen-bond donors (Lipinski definition) is 4. The molecule has 0 aliphatic carbocycles. The van der Waals surface area contributed by atoms with Crippen LogP contribution in [0.1, 0.15) is 10.4 Å². The Balaban J connectivity index is 3.64. The van der Waals surface area contributed by atoms with Crippen LogP contribution < -0.4 is 5.73 Å². The Morgan fingerprint density at radius 3 is 2.27 bits per heavy atom. The highest BCUT2D eigenvalue weighted by molar-refractivity contribution is 7.86. The van der Waals surface area contributed by atoms with Crippen molar-refractivity contribution in [1.82, 2.24) is 0 Å². The number of nitrogen functional groups attached to an aromatic ring is 1. The molecule has 5 N–H and O–H groups in total. The van der Waals surface area contributed by atoms with Gasteiger partial charge < -0.3 is 15.9 Å². The fourth-order valence-electron chi connectivity index (χ4n) is 1.02. The topological polar surface area (TPSA) is 138 Å². The summed E-state index contributed by atoms with van der Waals surface area (Å²) in [6.45, 7) is 0. The molecule has 0 saturated heterocycles. The minimum atomic E-state index is -4.68. The van der Waals surface area contributed by atoms with Crippen molar-refractivity contribution in [2.24, 2.45) is 0 Å². The van der Waals surface area contributed by atoms with Gasteiger partial charge in [-0.2, -0.15) is 8.42 Å². The lowest BCUT2D eigenvalue weighted by Crippen LogP contribution is -2.07. The first-order chi connectivity index (χ1) is 6.75. The van der Waals surface area contributed by atoms with Crippen molar-refractivity contribution in [2.75, 3.05) is 5.73 Å². The molecule has 0 aromatic heterocycles. The van der Waals surface area contributed by atoms with Gasteiger partial charge in [0, 0.05) is 5.69 Å². The van der Waals surface area contributed by atoms with Crippen LogP contribution in [0.15, 0.2) is 17.0 Å². The van der Waals surface area contributed by atoms with Gasteiger partial charge in [-0.25, -0.2) is 4.79 Å². The zero-order valence-electron chi connectivity index (χ0n) is 7.21. The molecule has 0 radical (unpaired) electrons. The highest BCUT2D eigenvalue weighted by Gasteiger charge is 2.23. The van der Waals surface area contributed by atoms with Crippen molar-refractivity contribution in [1.29, 1.82) is 0 Å². The van der Waals surface area contributed by atoms with Gasteiger partial charge >= 0.3 is 5.97 Å². The molecular weight excluding hydrogens is 226 g/mol. The normalized spacial score (nSPS) is 11.3. The van der Waals surface area contributed by atoms with Crippen molar-refractivity contribution < 1.29 is 28.0 Å². The molecule has 0 heterocycles. The second kappa shape index (κ2) is 3.41. The van der Waals surface area contributed by atoms with Gasteiger partial charge in [0.25, 0.3) is 10.1 Å². The predicted molar refractivity (Wildman–Crippen MR) is 49.3 cm³/mol. The lowest BCUT2D eigenvalue weighted by atomic mass is 10.1. The largest absolute Gasteiger partial charge is 0.506 e. The van der Waals surface area contributed by atoms with E-state index in [9.17, 15) is 18.3 Å². The minimum absolute atomic E-state index is 0.299. The van der Waals surface area contributed by atoms with Gasteiger partial charge in [-0.3, -0.25) is 4.55 Å². The maximum absolute atomic E-state index is 10.7. The van der Waals surface area contributed by atoms with Gasteiger partial charge in [-0.1, -0.05) is 0 Å². The van der Waals surface area contributed by atoms with Gasteiger partial charge in [0.2, 0.25) is 0 Å². The van der Waals surface area contributed by atoms with E-state index < -0.39 is 32.3 Å². The molecule has 0 saturated carbocycles. The number of anilines is 1. The van der Waals surface area contributed by atoms with Crippen molar-refractivity contribution in [3.63, 3.8) is 0 Å². The molecule has 0 amide bonds. The molecule has 1 aromatic rings. The van der Waals surface area contributed by atoms with Crippen molar-refractivity contribution in [3.8, 4) is 5.75 Å². The van der Waals surface area contributed by atoms with Gasteiger partial charge in [-0.05, 0) is 12.1 Å². The smallest absolute Gasteiger partial charge is 0.341 e. The number of benzene rings is 1. The molecule has 0 aliphatic heterocycles. The number of hydrogen-bond acceptors (Lipinski definition) is 5. The number of aromatic hydroxyl groups is 1. The number of aromatic carboxylic acids is 1. The molecule has 8 heteroatoms. The second-order valence-electron chi connectivity index (χ2n) is 2.66. The van der Waals surface area contributed by atoms with E-state index in [0.717, 1.165) is 12.1 Å². The third-order valence-corrected chi connectivity index (χ3v) is 2.55. The first-order valence-corrected chi connectivity index (χ1v) is 5.01. The van der Waals surface area contributed by atoms with E-state index in [0.29, 0.717) is 0 Å². The van der Waals surface area contributed by atoms with Crippen LogP contribution in [0.3, 0.4) is 0 Å². The van der Waals surface area contributed by atoms with Crippen molar-refractivity contribution >= 4 is 21.8 Å². The lowest BCUT2D eigenvalue weighted by molar-refractivity contribution is 0.0694. The van der Waals surface area contributed by atoms with E-state index in [2.05, 4.69) is 0 Å². The Bertz CT molecular complexity index is 521. The highest BCUT2D eigenvalue weighted by atomic mass is 32.2. The molecule has 0 atom stereocenters. The molecule has 0 bridgehead atoms. The fraction of sp³-hybridized carbons (Fsp3) is 0. The SMILES string of the molecule is Nc1ccc(S(=O)(=O)O)c(O)c1C(=O)O. The minimum Gasteiger partial charge on any atom is -0.506 e. The molecule has 1 aromatic carbocycles. The van der Waals surface area contributed by atoms with Crippen LogP contribution >= 0.6 is 0 Å². The summed E-state index contributed by atoms with van der Waals surface area (Å²) in [7, 11) is -4.68. The van der Waals surface area contributed by atoms with E-state index in [1.54, 1.807) is 0 Å². The Morgan fingerprint density at radius 2 is 1.87 bits per heavy atom. The molecule has 0 aliphatic rings. The fourth-order valence-corrected chi connectivity index (χ4v) is 1.61. The average molecular weight is 233 g/mol. The molecule has 82 valence electrons. The molecule has 0 fully saturated rings. The average Bonchev–Trinajstić information content (AvgIpc) is 2.00. The lowest BCUT2D eigenvalue weighted by Gasteiger charge is -2.06. The number of carbonyl (C=O) groups is 1. The Morgan fingerprint density at radius 1 is 1.33 bits per heavy atom. The van der Waals surface area contributed by atoms with E-state index in [1.165, 1.54) is 0 Å². The molecule has 1 rings (SSSR count). The quantitative estimate of drug-likeness (QED) is 0.414. The predicted octanol–water partition coefficient (Wildman–Crippen LogP) is -0.0807. The van der Waals surface area contributed by atoms with Gasteiger partial charge in [0.1, 0.15) is 10.5 Å². The summed E-state index contributed by atoms with van der Waals surface area (Å²) in [6.07, 6.45) is 0. The van der Waals surface area contributed by atoms with E-state index >= 15 is 0 Å². The standard InChI is InChI=1S/C7H7NO6S/c8-3-1-2-4(15(12,13)14)6(9)5(3)7(10)11/h1-2,9H,8H2,(H,10,11)(H,12,13,14). The monoisotopic (exact) mass is 233 g/mol. The van der Waals surface area contributed by atoms with Crippen LogP contribution in [-0.2, 0) is 10.1 Å². The van der Waals surface area contributed by atoms with Crippen LogP contribution in [0.4, 0.5) is 5.69 Å². The number of rotatable bonds is 2. The van der Waals surface area contributed by atoms with Crippen LogP contribution in [0, 0.1) is 0 Å². The zero-order chi connectivity index (χ0) is 11.8. The zero-order valence-corrected chi connectivity index (χ0v) is 8.02. The van der Waals surface area contributed by atoms with E-state index in [1.807, 2.05) is 0 Å². The molecular formula is C7H7NO6S. The molecule has 0 spiro atoms. The Kier molecular flexibility index (Phi) is 2.56. The summed E-state index contributed by atoms with van der Waals surface area (Å²) in [4.78, 5) is 9.71. The Labute approximate surface area is 84.5 Å². The van der Waals surface area contributed by atoms with Gasteiger partial charge in [0.05, 0.1) is 0 Å². The molecule has 15 heavy (non-hydrogen) atoms. The third-order valence-electron chi connectivity index (χ3n) is 1.66. The first-order valence-electron chi connectivity index (χ1n) is 3.57. The summed E-state index contributed by atoms with van der Waals surface area (Å²) in [6, 6.07) is 1.78. The van der Waals surface area contributed by atoms with Crippen molar-refractivity contribution in [3.05, 3.63) is 17.7 Å². The number of phenols is 1. The van der Waals surface area contributed by atoms with Crippen LogP contribution in [0.5, 0.6) is 5.75 Å². The van der Waals surface area contributed by atoms with Crippen LogP contribution in [0.25, 0.3) is 0 Å². The van der Waals surface area contributed by atoms with Gasteiger partial charge in [0.15, 0.2) is 5.75 Å². The van der Waals surface area contributed by atoms with Crippen LogP contribution in [0.2, 0.25) is 0 Å². The number of nitrogens with two attached hydrogens (primary N) is 1. The number of carboxylic acids is 1. The third kappa shape index (κ3) is 2.00. The molecule has 7 nitrogen and oxygen atoms in total. The summed E-state index contributed by atoms with van der Waals surface area (Å²) < 4.78 is 30.0. The van der Waals surface area contributed by atoms with Crippen molar-refractivity contribution in [2.45, 2.75) is 4.90 Å². The maximum Gasteiger partial charge on any atom is 0.341 e. The van der Waals surface area contributed by atoms with E-state index in [-0.39, 0.29) is 5.69 Å². The van der Waals surface area contributed by atoms with Gasteiger partial charge in [-0.15, -0.1) is 0 Å². The van der Waals surface area contributed by atoms with Crippen LogP contribution in [-0.4, -0.2) is 29.2 Å².